The van der Waals surface area contributed by atoms with Crippen LogP contribution in [0.25, 0.3) is 0 Å². The van der Waals surface area contributed by atoms with Crippen LogP contribution in [-0.2, 0) is 0 Å². The highest BCUT2D eigenvalue weighted by molar-refractivity contribution is 6.30. The normalized spacial score (nSPS) is 10.1. The van der Waals surface area contributed by atoms with Gasteiger partial charge in [0.25, 0.3) is 0 Å². The van der Waals surface area contributed by atoms with E-state index in [4.69, 9.17) is 21.4 Å². The van der Waals surface area contributed by atoms with Gasteiger partial charge in [-0.1, -0.05) is 11.6 Å². The first kappa shape index (κ1) is 10.3. The molecular formula is C9H10ClFO2. The Labute approximate surface area is 80.9 Å². The van der Waals surface area contributed by atoms with Crippen molar-refractivity contribution >= 4 is 11.6 Å². The Morgan fingerprint density at radius 2 is 2.23 bits per heavy atom. The van der Waals surface area contributed by atoms with Gasteiger partial charge < -0.3 is 9.84 Å². The molecule has 1 aromatic rings. The van der Waals surface area contributed by atoms with E-state index in [0.29, 0.717) is 18.1 Å². The SMILES string of the molecule is OCCCOc1ccc(Cl)cc1F. The molecule has 0 spiro atoms. The minimum absolute atomic E-state index is 0.0369. The third-order valence-electron chi connectivity index (χ3n) is 1.45. The molecule has 1 rings (SSSR count). The van der Waals surface area contributed by atoms with Gasteiger partial charge in [0.15, 0.2) is 11.6 Å². The maximum Gasteiger partial charge on any atom is 0.166 e. The Morgan fingerprint density at radius 1 is 1.46 bits per heavy atom. The summed E-state index contributed by atoms with van der Waals surface area (Å²) in [6.45, 7) is 0.338. The molecule has 1 aromatic carbocycles. The quantitative estimate of drug-likeness (QED) is 0.763. The van der Waals surface area contributed by atoms with Gasteiger partial charge in [-0.25, -0.2) is 4.39 Å². The number of hydrogen-bond donors (Lipinski definition) is 1. The van der Waals surface area contributed by atoms with Crippen LogP contribution in [0.5, 0.6) is 5.75 Å². The Bertz CT molecular complexity index is 278. The van der Waals surface area contributed by atoms with E-state index in [1.54, 1.807) is 6.07 Å². The van der Waals surface area contributed by atoms with Crippen LogP contribution in [0.15, 0.2) is 18.2 Å². The summed E-state index contributed by atoms with van der Waals surface area (Å²) in [7, 11) is 0. The van der Waals surface area contributed by atoms with E-state index in [2.05, 4.69) is 0 Å². The lowest BCUT2D eigenvalue weighted by Gasteiger charge is -2.05. The van der Waals surface area contributed by atoms with Crippen LogP contribution in [0.3, 0.4) is 0 Å². The number of ether oxygens (including phenoxy) is 1. The first-order chi connectivity index (χ1) is 6.24. The minimum atomic E-state index is -0.481. The van der Waals surface area contributed by atoms with Crippen LogP contribution < -0.4 is 4.74 Å². The number of benzene rings is 1. The molecule has 0 unspecified atom stereocenters. The monoisotopic (exact) mass is 204 g/mol. The predicted molar refractivity (Wildman–Crippen MR) is 48.6 cm³/mol. The molecule has 0 saturated heterocycles. The fraction of sp³-hybridized carbons (Fsp3) is 0.333. The van der Waals surface area contributed by atoms with Crippen LogP contribution in [0.4, 0.5) is 4.39 Å². The summed E-state index contributed by atoms with van der Waals surface area (Å²) in [5, 5.41) is 8.80. The van der Waals surface area contributed by atoms with Crippen LogP contribution in [0.1, 0.15) is 6.42 Å². The van der Waals surface area contributed by atoms with Gasteiger partial charge in [0, 0.05) is 18.1 Å². The van der Waals surface area contributed by atoms with E-state index in [1.807, 2.05) is 0 Å². The second-order valence-electron chi connectivity index (χ2n) is 2.50. The zero-order valence-electron chi connectivity index (χ0n) is 6.96. The van der Waals surface area contributed by atoms with E-state index >= 15 is 0 Å². The lowest BCUT2D eigenvalue weighted by Crippen LogP contribution is -2.00. The Balaban J connectivity index is 2.56. The first-order valence-corrected chi connectivity index (χ1v) is 4.30. The lowest BCUT2D eigenvalue weighted by atomic mass is 10.3. The molecule has 0 heterocycles. The third kappa shape index (κ3) is 3.20. The number of aliphatic hydroxyl groups excluding tert-OH is 1. The third-order valence-corrected chi connectivity index (χ3v) is 1.69. The molecule has 2 nitrogen and oxygen atoms in total. The molecule has 0 aromatic heterocycles. The van der Waals surface area contributed by atoms with Crippen molar-refractivity contribution in [1.29, 1.82) is 0 Å². The summed E-state index contributed by atoms with van der Waals surface area (Å²) in [6.07, 6.45) is 0.488. The van der Waals surface area contributed by atoms with Crippen molar-refractivity contribution in [3.8, 4) is 5.75 Å². The van der Waals surface area contributed by atoms with Gasteiger partial charge >= 0.3 is 0 Å². The van der Waals surface area contributed by atoms with E-state index in [0.717, 1.165) is 0 Å². The molecule has 0 aliphatic heterocycles. The zero-order chi connectivity index (χ0) is 9.68. The molecule has 0 fully saturated rings. The van der Waals surface area contributed by atoms with Crippen LogP contribution in [-0.4, -0.2) is 18.3 Å². The second-order valence-corrected chi connectivity index (χ2v) is 2.94. The largest absolute Gasteiger partial charge is 0.490 e. The summed E-state index contributed by atoms with van der Waals surface area (Å²) in [4.78, 5) is 0. The van der Waals surface area contributed by atoms with E-state index in [-0.39, 0.29) is 12.4 Å². The van der Waals surface area contributed by atoms with Gasteiger partial charge in [0.2, 0.25) is 0 Å². The molecular weight excluding hydrogens is 195 g/mol. The lowest BCUT2D eigenvalue weighted by molar-refractivity contribution is 0.228. The minimum Gasteiger partial charge on any atom is -0.490 e. The smallest absolute Gasteiger partial charge is 0.166 e. The molecule has 1 N–H and O–H groups in total. The van der Waals surface area contributed by atoms with Gasteiger partial charge in [-0.3, -0.25) is 0 Å². The van der Waals surface area contributed by atoms with Crippen molar-refractivity contribution in [1.82, 2.24) is 0 Å². The van der Waals surface area contributed by atoms with E-state index < -0.39 is 5.82 Å². The topological polar surface area (TPSA) is 29.5 Å². The number of halogens is 2. The molecule has 0 radical (unpaired) electrons. The van der Waals surface area contributed by atoms with Crippen molar-refractivity contribution in [2.75, 3.05) is 13.2 Å². The standard InChI is InChI=1S/C9H10ClFO2/c10-7-2-3-9(8(11)6-7)13-5-1-4-12/h2-3,6,12H,1,4-5H2. The maximum absolute atomic E-state index is 13.0. The van der Waals surface area contributed by atoms with Gasteiger partial charge in [-0.15, -0.1) is 0 Å². The second kappa shape index (κ2) is 5.04. The van der Waals surface area contributed by atoms with Crippen molar-refractivity contribution in [3.05, 3.63) is 29.0 Å². The molecule has 0 atom stereocenters. The van der Waals surface area contributed by atoms with Gasteiger partial charge in [-0.05, 0) is 18.2 Å². The molecule has 0 bridgehead atoms. The molecule has 0 aliphatic rings. The van der Waals surface area contributed by atoms with Gasteiger partial charge in [-0.2, -0.15) is 0 Å². The summed E-state index contributed by atoms with van der Waals surface area (Å²) < 4.78 is 18.0. The highest BCUT2D eigenvalue weighted by atomic mass is 35.5. The number of hydrogen-bond acceptors (Lipinski definition) is 2. The first-order valence-electron chi connectivity index (χ1n) is 3.93. The Kier molecular flexibility index (Phi) is 3.99. The number of rotatable bonds is 4. The molecule has 0 saturated carbocycles. The highest BCUT2D eigenvalue weighted by Crippen LogP contribution is 2.20. The van der Waals surface area contributed by atoms with Crippen LogP contribution >= 0.6 is 11.6 Å². The van der Waals surface area contributed by atoms with Crippen molar-refractivity contribution in [2.45, 2.75) is 6.42 Å². The summed E-state index contributed by atoms with van der Waals surface area (Å²) >= 11 is 5.54. The molecule has 0 aliphatic carbocycles. The van der Waals surface area contributed by atoms with Gasteiger partial charge in [0.05, 0.1) is 6.61 Å². The highest BCUT2D eigenvalue weighted by Gasteiger charge is 2.02. The average Bonchev–Trinajstić information content (AvgIpc) is 2.09. The van der Waals surface area contributed by atoms with Crippen LogP contribution in [0.2, 0.25) is 5.02 Å². The van der Waals surface area contributed by atoms with E-state index in [9.17, 15) is 4.39 Å². The summed E-state index contributed by atoms with van der Waals surface area (Å²) in [6, 6.07) is 4.21. The summed E-state index contributed by atoms with van der Waals surface area (Å²) in [5.41, 5.74) is 0. The van der Waals surface area contributed by atoms with Crippen molar-refractivity contribution in [3.63, 3.8) is 0 Å². The van der Waals surface area contributed by atoms with Crippen LogP contribution in [0, 0.1) is 5.82 Å². The van der Waals surface area contributed by atoms with Gasteiger partial charge in [0.1, 0.15) is 0 Å². The molecule has 0 amide bonds. The summed E-state index contributed by atoms with van der Waals surface area (Å²) in [5.74, 6) is -0.316. The Morgan fingerprint density at radius 3 is 2.85 bits per heavy atom. The fourth-order valence-corrected chi connectivity index (χ4v) is 0.998. The predicted octanol–water partition coefficient (Wildman–Crippen LogP) is 2.24. The fourth-order valence-electron chi connectivity index (χ4n) is 0.839. The maximum atomic E-state index is 13.0. The van der Waals surface area contributed by atoms with Crippen molar-refractivity contribution in [2.24, 2.45) is 0 Å². The molecule has 4 heteroatoms. The Hall–Kier alpha value is -0.800. The average molecular weight is 205 g/mol. The zero-order valence-corrected chi connectivity index (χ0v) is 7.72. The van der Waals surface area contributed by atoms with Crippen molar-refractivity contribution < 1.29 is 14.2 Å². The number of aliphatic hydroxyl groups is 1. The molecule has 13 heavy (non-hydrogen) atoms. The molecule has 72 valence electrons. The van der Waals surface area contributed by atoms with E-state index in [1.165, 1.54) is 12.1 Å².